The van der Waals surface area contributed by atoms with Crippen LogP contribution in [-0.4, -0.2) is 12.3 Å². The molecule has 0 amide bonds. The first-order valence-corrected chi connectivity index (χ1v) is 8.67. The number of fused-ring (bicyclic) bond motifs is 1. The van der Waals surface area contributed by atoms with Crippen LogP contribution in [0.4, 0.5) is 11.4 Å². The average Bonchev–Trinajstić information content (AvgIpc) is 2.54. The molecule has 0 saturated carbocycles. The summed E-state index contributed by atoms with van der Waals surface area (Å²) in [5.41, 5.74) is 5.40. The maximum Gasteiger partial charge on any atom is 0.0481 e. The number of benzene rings is 2. The van der Waals surface area contributed by atoms with Crippen molar-refractivity contribution in [1.29, 1.82) is 0 Å². The van der Waals surface area contributed by atoms with Gasteiger partial charge in [0.25, 0.3) is 0 Å². The van der Waals surface area contributed by atoms with Crippen molar-refractivity contribution in [3.63, 3.8) is 0 Å². The van der Waals surface area contributed by atoms with Crippen LogP contribution >= 0.6 is 11.8 Å². The van der Waals surface area contributed by atoms with Gasteiger partial charge in [-0.25, -0.2) is 0 Å². The van der Waals surface area contributed by atoms with Gasteiger partial charge in [-0.15, -0.1) is 11.8 Å². The molecule has 0 aromatic heterocycles. The van der Waals surface area contributed by atoms with E-state index >= 15 is 0 Å². The highest BCUT2D eigenvalue weighted by molar-refractivity contribution is 7.99. The minimum Gasteiger partial charge on any atom is -0.385 e. The number of rotatable bonds is 5. The van der Waals surface area contributed by atoms with Crippen LogP contribution in [0.2, 0.25) is 0 Å². The van der Waals surface area contributed by atoms with Gasteiger partial charge in [0, 0.05) is 29.4 Å². The standard InChI is InChI=1S/C18H22N2S/c1-2-21-17-11-4-3-10-16(17)20-13-15-8-5-7-14-9-6-12-19-18(14)15/h3-5,7-8,10-11,19-20H,2,6,9,12-13H2,1H3. The normalized spacial score (nSPS) is 13.4. The number of para-hydroxylation sites is 2. The molecule has 0 aliphatic carbocycles. The van der Waals surface area contributed by atoms with Gasteiger partial charge in [-0.3, -0.25) is 0 Å². The molecule has 0 spiro atoms. The Bertz CT molecular complexity index is 610. The van der Waals surface area contributed by atoms with E-state index in [0.29, 0.717) is 0 Å². The molecule has 2 nitrogen and oxygen atoms in total. The zero-order chi connectivity index (χ0) is 14.5. The highest BCUT2D eigenvalue weighted by atomic mass is 32.2. The van der Waals surface area contributed by atoms with Crippen LogP contribution < -0.4 is 10.6 Å². The molecule has 21 heavy (non-hydrogen) atoms. The van der Waals surface area contributed by atoms with Crippen molar-refractivity contribution in [1.82, 2.24) is 0 Å². The zero-order valence-corrected chi connectivity index (χ0v) is 13.3. The second-order valence-corrected chi connectivity index (χ2v) is 6.57. The first-order valence-electron chi connectivity index (χ1n) is 7.69. The van der Waals surface area contributed by atoms with E-state index in [4.69, 9.17) is 0 Å². The van der Waals surface area contributed by atoms with Crippen LogP contribution in [0.1, 0.15) is 24.5 Å². The summed E-state index contributed by atoms with van der Waals surface area (Å²) in [4.78, 5) is 1.33. The molecule has 1 heterocycles. The Morgan fingerprint density at radius 3 is 2.95 bits per heavy atom. The van der Waals surface area contributed by atoms with Crippen molar-refractivity contribution in [2.24, 2.45) is 0 Å². The van der Waals surface area contributed by atoms with Crippen molar-refractivity contribution in [2.45, 2.75) is 31.2 Å². The third-order valence-electron chi connectivity index (χ3n) is 3.82. The monoisotopic (exact) mass is 298 g/mol. The molecule has 1 aliphatic heterocycles. The van der Waals surface area contributed by atoms with Gasteiger partial charge in [0.05, 0.1) is 0 Å². The summed E-state index contributed by atoms with van der Waals surface area (Å²) in [5.74, 6) is 1.10. The fourth-order valence-corrected chi connectivity index (χ4v) is 3.59. The molecule has 0 fully saturated rings. The molecular weight excluding hydrogens is 276 g/mol. The summed E-state index contributed by atoms with van der Waals surface area (Å²) in [7, 11) is 0. The van der Waals surface area contributed by atoms with E-state index in [2.05, 4.69) is 60.0 Å². The third kappa shape index (κ3) is 3.35. The number of thioether (sulfide) groups is 1. The van der Waals surface area contributed by atoms with Gasteiger partial charge in [0.2, 0.25) is 0 Å². The number of aryl methyl sites for hydroxylation is 1. The number of hydrogen-bond donors (Lipinski definition) is 2. The van der Waals surface area contributed by atoms with E-state index in [-0.39, 0.29) is 0 Å². The van der Waals surface area contributed by atoms with Crippen molar-refractivity contribution >= 4 is 23.1 Å². The first-order chi connectivity index (χ1) is 10.4. The maximum atomic E-state index is 3.60. The molecule has 110 valence electrons. The minimum absolute atomic E-state index is 0.872. The van der Waals surface area contributed by atoms with Crippen LogP contribution in [0.3, 0.4) is 0 Å². The molecule has 2 N–H and O–H groups in total. The highest BCUT2D eigenvalue weighted by Gasteiger charge is 2.12. The fraction of sp³-hybridized carbons (Fsp3) is 0.333. The van der Waals surface area contributed by atoms with E-state index in [0.717, 1.165) is 18.8 Å². The molecule has 3 heteroatoms. The van der Waals surface area contributed by atoms with E-state index in [1.807, 2.05) is 11.8 Å². The Kier molecular flexibility index (Phi) is 4.71. The van der Waals surface area contributed by atoms with Crippen LogP contribution in [0.15, 0.2) is 47.4 Å². The second kappa shape index (κ2) is 6.90. The molecule has 0 radical (unpaired) electrons. The molecular formula is C18H22N2S. The largest absolute Gasteiger partial charge is 0.385 e. The van der Waals surface area contributed by atoms with Crippen LogP contribution in [0.5, 0.6) is 0 Å². The first kappa shape index (κ1) is 14.3. The Balaban J connectivity index is 1.76. The Morgan fingerprint density at radius 1 is 1.14 bits per heavy atom. The van der Waals surface area contributed by atoms with E-state index in [1.165, 1.54) is 40.2 Å². The molecule has 0 unspecified atom stereocenters. The van der Waals surface area contributed by atoms with Gasteiger partial charge in [-0.05, 0) is 41.9 Å². The summed E-state index contributed by atoms with van der Waals surface area (Å²) in [6.45, 7) is 4.16. The molecule has 2 aromatic rings. The van der Waals surface area contributed by atoms with E-state index < -0.39 is 0 Å². The van der Waals surface area contributed by atoms with Gasteiger partial charge in [0.15, 0.2) is 0 Å². The Labute approximate surface area is 131 Å². The molecule has 0 atom stereocenters. The molecule has 0 bridgehead atoms. The Hall–Kier alpha value is -1.61. The lowest BCUT2D eigenvalue weighted by molar-refractivity contribution is 0.825. The highest BCUT2D eigenvalue weighted by Crippen LogP contribution is 2.29. The molecule has 2 aromatic carbocycles. The fourth-order valence-electron chi connectivity index (χ4n) is 2.81. The van der Waals surface area contributed by atoms with Crippen molar-refractivity contribution in [3.8, 4) is 0 Å². The van der Waals surface area contributed by atoms with Crippen molar-refractivity contribution in [2.75, 3.05) is 22.9 Å². The number of anilines is 2. The van der Waals surface area contributed by atoms with Crippen LogP contribution in [0.25, 0.3) is 0 Å². The lowest BCUT2D eigenvalue weighted by Crippen LogP contribution is -2.15. The average molecular weight is 298 g/mol. The summed E-state index contributed by atoms with van der Waals surface area (Å²) >= 11 is 1.89. The van der Waals surface area contributed by atoms with Crippen LogP contribution in [0, 0.1) is 0 Å². The molecule has 1 aliphatic rings. The summed E-state index contributed by atoms with van der Waals surface area (Å²) < 4.78 is 0. The number of nitrogens with one attached hydrogen (secondary N) is 2. The lowest BCUT2D eigenvalue weighted by Gasteiger charge is -2.22. The molecule has 3 rings (SSSR count). The predicted octanol–water partition coefficient (Wildman–Crippen LogP) is 4.77. The van der Waals surface area contributed by atoms with Crippen LogP contribution in [-0.2, 0) is 13.0 Å². The van der Waals surface area contributed by atoms with E-state index in [9.17, 15) is 0 Å². The molecule has 0 saturated heterocycles. The third-order valence-corrected chi connectivity index (χ3v) is 4.77. The number of hydrogen-bond acceptors (Lipinski definition) is 3. The smallest absolute Gasteiger partial charge is 0.0481 e. The lowest BCUT2D eigenvalue weighted by atomic mass is 9.99. The van der Waals surface area contributed by atoms with Gasteiger partial charge in [-0.2, -0.15) is 0 Å². The predicted molar refractivity (Wildman–Crippen MR) is 93.4 cm³/mol. The Morgan fingerprint density at radius 2 is 2.05 bits per heavy atom. The summed E-state index contributed by atoms with van der Waals surface area (Å²) in [5, 5.41) is 7.17. The van der Waals surface area contributed by atoms with Gasteiger partial charge in [0.1, 0.15) is 0 Å². The zero-order valence-electron chi connectivity index (χ0n) is 12.5. The summed E-state index contributed by atoms with van der Waals surface area (Å²) in [6, 6.07) is 15.2. The second-order valence-electron chi connectivity index (χ2n) is 5.26. The minimum atomic E-state index is 0.872. The van der Waals surface area contributed by atoms with Crippen molar-refractivity contribution in [3.05, 3.63) is 53.6 Å². The van der Waals surface area contributed by atoms with Crippen molar-refractivity contribution < 1.29 is 0 Å². The summed E-state index contributed by atoms with van der Waals surface area (Å²) in [6.07, 6.45) is 2.43. The van der Waals surface area contributed by atoms with Gasteiger partial charge in [-0.1, -0.05) is 37.3 Å². The quantitative estimate of drug-likeness (QED) is 0.778. The van der Waals surface area contributed by atoms with Gasteiger partial charge >= 0.3 is 0 Å². The topological polar surface area (TPSA) is 24.1 Å². The van der Waals surface area contributed by atoms with Gasteiger partial charge < -0.3 is 10.6 Å². The maximum absolute atomic E-state index is 3.60. The SMILES string of the molecule is CCSc1ccccc1NCc1cccc2c1NCCC2. The van der Waals surface area contributed by atoms with E-state index in [1.54, 1.807) is 0 Å².